The van der Waals surface area contributed by atoms with Gasteiger partial charge >= 0.3 is 0 Å². The van der Waals surface area contributed by atoms with Crippen molar-refractivity contribution in [1.29, 1.82) is 0 Å². The van der Waals surface area contributed by atoms with Crippen molar-refractivity contribution in [2.24, 2.45) is 4.99 Å². The Hall–Kier alpha value is -2.89. The number of carbonyl (C=O) groups is 1. The Morgan fingerprint density at radius 1 is 1.00 bits per heavy atom. The lowest BCUT2D eigenvalue weighted by Gasteiger charge is -2.15. The average Bonchev–Trinajstić information content (AvgIpc) is 2.79. The number of anilines is 1. The van der Waals surface area contributed by atoms with Crippen molar-refractivity contribution >= 4 is 41.5 Å². The SMILES string of the molecule is CCNC(=NCc1cc(OC)c(OC)c(OC)c1)NCCOc1cccc(NC(C)=O)c1.I. The van der Waals surface area contributed by atoms with Crippen LogP contribution in [0, 0.1) is 0 Å². The fraction of sp³-hybridized carbons (Fsp3) is 0.391. The van der Waals surface area contributed by atoms with Crippen LogP contribution in [0.25, 0.3) is 0 Å². The number of guanidine groups is 1. The van der Waals surface area contributed by atoms with Crippen LogP contribution in [0.4, 0.5) is 5.69 Å². The molecule has 0 aliphatic carbocycles. The molecule has 33 heavy (non-hydrogen) atoms. The molecular formula is C23H33IN4O5. The highest BCUT2D eigenvalue weighted by molar-refractivity contribution is 14.0. The number of ether oxygens (including phenoxy) is 4. The van der Waals surface area contributed by atoms with E-state index in [0.717, 1.165) is 12.1 Å². The normalized spacial score (nSPS) is 10.5. The highest BCUT2D eigenvalue weighted by Gasteiger charge is 2.13. The van der Waals surface area contributed by atoms with Gasteiger partial charge in [-0.1, -0.05) is 6.07 Å². The van der Waals surface area contributed by atoms with E-state index in [2.05, 4.69) is 20.9 Å². The molecule has 0 aromatic heterocycles. The van der Waals surface area contributed by atoms with Gasteiger partial charge in [-0.25, -0.2) is 4.99 Å². The topological polar surface area (TPSA) is 102 Å². The molecule has 0 heterocycles. The summed E-state index contributed by atoms with van der Waals surface area (Å²) in [6.45, 7) is 5.59. The smallest absolute Gasteiger partial charge is 0.221 e. The van der Waals surface area contributed by atoms with Crippen LogP contribution in [0.3, 0.4) is 0 Å². The Labute approximate surface area is 212 Å². The Balaban J connectivity index is 0.00000544. The Kier molecular flexibility index (Phi) is 12.8. The number of amides is 1. The highest BCUT2D eigenvalue weighted by atomic mass is 127. The minimum Gasteiger partial charge on any atom is -0.493 e. The van der Waals surface area contributed by atoms with E-state index >= 15 is 0 Å². The fourth-order valence-electron chi connectivity index (χ4n) is 2.94. The molecule has 10 heteroatoms. The van der Waals surface area contributed by atoms with Crippen molar-refractivity contribution in [2.45, 2.75) is 20.4 Å². The number of nitrogens with one attached hydrogen (secondary N) is 3. The van der Waals surface area contributed by atoms with E-state index in [-0.39, 0.29) is 29.9 Å². The number of hydrogen-bond acceptors (Lipinski definition) is 6. The Morgan fingerprint density at radius 3 is 2.27 bits per heavy atom. The standard InChI is InChI=1S/C23H32N4O5.HI/c1-6-24-23(25-10-11-32-19-9-7-8-18(14-19)27-16(2)28)26-15-17-12-20(29-3)22(31-5)21(13-17)30-4;/h7-9,12-14H,6,10-11,15H2,1-5H3,(H,27,28)(H2,24,25,26);1H. The predicted octanol–water partition coefficient (Wildman–Crippen LogP) is 3.42. The van der Waals surface area contributed by atoms with Crippen LogP contribution in [-0.4, -0.2) is 52.9 Å². The maximum absolute atomic E-state index is 11.2. The lowest BCUT2D eigenvalue weighted by atomic mass is 10.2. The van der Waals surface area contributed by atoms with Crippen molar-refractivity contribution in [1.82, 2.24) is 10.6 Å². The first-order valence-electron chi connectivity index (χ1n) is 10.3. The second-order valence-electron chi connectivity index (χ2n) is 6.71. The monoisotopic (exact) mass is 572 g/mol. The predicted molar refractivity (Wildman–Crippen MR) is 141 cm³/mol. The number of benzene rings is 2. The third kappa shape index (κ3) is 9.24. The number of carbonyl (C=O) groups excluding carboxylic acids is 1. The molecule has 0 atom stereocenters. The van der Waals surface area contributed by atoms with Crippen LogP contribution < -0.4 is 34.9 Å². The van der Waals surface area contributed by atoms with Gasteiger partial charge in [0.05, 0.1) is 34.4 Å². The zero-order chi connectivity index (χ0) is 23.3. The molecule has 0 bridgehead atoms. The van der Waals surface area contributed by atoms with E-state index in [1.807, 2.05) is 37.3 Å². The summed E-state index contributed by atoms with van der Waals surface area (Å²) in [7, 11) is 4.74. The summed E-state index contributed by atoms with van der Waals surface area (Å²) in [6.07, 6.45) is 0. The third-order valence-corrected chi connectivity index (χ3v) is 4.31. The molecule has 182 valence electrons. The second kappa shape index (κ2) is 15.0. The minimum absolute atomic E-state index is 0. The summed E-state index contributed by atoms with van der Waals surface area (Å²) in [6, 6.07) is 11.0. The van der Waals surface area contributed by atoms with Crippen LogP contribution in [0.2, 0.25) is 0 Å². The van der Waals surface area contributed by atoms with Crippen molar-refractivity contribution < 1.29 is 23.7 Å². The second-order valence-corrected chi connectivity index (χ2v) is 6.71. The molecule has 0 aliphatic heterocycles. The molecular weight excluding hydrogens is 539 g/mol. The first-order valence-corrected chi connectivity index (χ1v) is 10.3. The fourth-order valence-corrected chi connectivity index (χ4v) is 2.94. The van der Waals surface area contributed by atoms with Gasteiger partial charge < -0.3 is 34.9 Å². The quantitative estimate of drug-likeness (QED) is 0.164. The summed E-state index contributed by atoms with van der Waals surface area (Å²) in [5.74, 6) is 2.94. The van der Waals surface area contributed by atoms with Gasteiger partial charge in [0, 0.05) is 25.2 Å². The van der Waals surface area contributed by atoms with Crippen molar-refractivity contribution in [3.63, 3.8) is 0 Å². The van der Waals surface area contributed by atoms with Gasteiger partial charge in [-0.3, -0.25) is 4.79 Å². The molecule has 0 saturated carbocycles. The summed E-state index contributed by atoms with van der Waals surface area (Å²) < 4.78 is 21.9. The van der Waals surface area contributed by atoms with Crippen LogP contribution in [-0.2, 0) is 11.3 Å². The number of rotatable bonds is 11. The summed E-state index contributed by atoms with van der Waals surface area (Å²) in [5.41, 5.74) is 1.62. The van der Waals surface area contributed by atoms with E-state index in [1.54, 1.807) is 27.4 Å². The first-order chi connectivity index (χ1) is 15.5. The van der Waals surface area contributed by atoms with E-state index in [1.165, 1.54) is 6.92 Å². The molecule has 0 fully saturated rings. The van der Waals surface area contributed by atoms with Gasteiger partial charge in [0.2, 0.25) is 11.7 Å². The number of halogens is 1. The zero-order valence-corrected chi connectivity index (χ0v) is 22.0. The van der Waals surface area contributed by atoms with Crippen LogP contribution in [0.15, 0.2) is 41.4 Å². The maximum atomic E-state index is 11.2. The van der Waals surface area contributed by atoms with E-state index in [0.29, 0.717) is 54.3 Å². The van der Waals surface area contributed by atoms with Gasteiger partial charge in [-0.15, -0.1) is 24.0 Å². The van der Waals surface area contributed by atoms with Gasteiger partial charge in [0.25, 0.3) is 0 Å². The van der Waals surface area contributed by atoms with E-state index in [9.17, 15) is 4.79 Å². The molecule has 0 radical (unpaired) electrons. The molecule has 2 aromatic rings. The first kappa shape index (κ1) is 28.1. The summed E-state index contributed by atoms with van der Waals surface area (Å²) in [5, 5.41) is 9.19. The van der Waals surface area contributed by atoms with Gasteiger partial charge in [0.15, 0.2) is 17.5 Å². The molecule has 0 saturated heterocycles. The molecule has 2 aromatic carbocycles. The Morgan fingerprint density at radius 2 is 1.70 bits per heavy atom. The van der Waals surface area contributed by atoms with Crippen molar-refractivity contribution in [2.75, 3.05) is 46.3 Å². The van der Waals surface area contributed by atoms with Gasteiger partial charge in [-0.2, -0.15) is 0 Å². The Bertz CT molecular complexity index is 898. The van der Waals surface area contributed by atoms with Crippen molar-refractivity contribution in [3.8, 4) is 23.0 Å². The maximum Gasteiger partial charge on any atom is 0.221 e. The van der Waals surface area contributed by atoms with E-state index < -0.39 is 0 Å². The third-order valence-electron chi connectivity index (χ3n) is 4.31. The molecule has 2 rings (SSSR count). The zero-order valence-electron chi connectivity index (χ0n) is 19.7. The molecule has 9 nitrogen and oxygen atoms in total. The summed E-state index contributed by atoms with van der Waals surface area (Å²) in [4.78, 5) is 15.8. The largest absolute Gasteiger partial charge is 0.493 e. The number of nitrogens with zero attached hydrogens (tertiary/aromatic N) is 1. The molecule has 3 N–H and O–H groups in total. The van der Waals surface area contributed by atoms with Crippen LogP contribution >= 0.6 is 24.0 Å². The molecule has 1 amide bonds. The van der Waals surface area contributed by atoms with Crippen LogP contribution in [0.1, 0.15) is 19.4 Å². The average molecular weight is 572 g/mol. The molecule has 0 unspecified atom stereocenters. The van der Waals surface area contributed by atoms with Crippen LogP contribution in [0.5, 0.6) is 23.0 Å². The van der Waals surface area contributed by atoms with Gasteiger partial charge in [0.1, 0.15) is 12.4 Å². The number of methoxy groups -OCH3 is 3. The van der Waals surface area contributed by atoms with E-state index in [4.69, 9.17) is 18.9 Å². The summed E-state index contributed by atoms with van der Waals surface area (Å²) >= 11 is 0. The molecule has 0 aliphatic rings. The highest BCUT2D eigenvalue weighted by Crippen LogP contribution is 2.38. The number of hydrogen-bond donors (Lipinski definition) is 3. The van der Waals surface area contributed by atoms with Crippen molar-refractivity contribution in [3.05, 3.63) is 42.0 Å². The molecule has 0 spiro atoms. The minimum atomic E-state index is -0.123. The lowest BCUT2D eigenvalue weighted by molar-refractivity contribution is -0.114. The number of aliphatic imine (C=N–C) groups is 1. The lowest BCUT2D eigenvalue weighted by Crippen LogP contribution is -2.39. The van der Waals surface area contributed by atoms with Gasteiger partial charge in [-0.05, 0) is 36.8 Å².